The van der Waals surface area contributed by atoms with Gasteiger partial charge in [0.1, 0.15) is 23.3 Å². The quantitative estimate of drug-likeness (QED) is 0.442. The number of aromatic nitrogens is 4. The van der Waals surface area contributed by atoms with E-state index in [0.717, 1.165) is 6.07 Å². The SMILES string of the molecule is N#Cc1c(N)nc(N)nc1N1CCCC1c1nc2cccc(C(F)(F)F)c2c(=O)n1-c1ccccc1. The Morgan fingerprint density at radius 3 is 2.47 bits per heavy atom. The smallest absolute Gasteiger partial charge is 0.382 e. The van der Waals surface area contributed by atoms with E-state index in [9.17, 15) is 23.2 Å². The van der Waals surface area contributed by atoms with Crippen LogP contribution < -0.4 is 21.9 Å². The molecule has 0 saturated carbocycles. The maximum absolute atomic E-state index is 13.8. The molecule has 0 spiro atoms. The topological polar surface area (TPSA) is 140 Å². The molecular formula is C24H19F3N8O. The van der Waals surface area contributed by atoms with Crippen molar-refractivity contribution >= 4 is 28.5 Å². The fourth-order valence-electron chi connectivity index (χ4n) is 4.62. The predicted octanol–water partition coefficient (Wildman–Crippen LogP) is 3.57. The summed E-state index contributed by atoms with van der Waals surface area (Å²) in [7, 11) is 0. The molecule has 0 aliphatic carbocycles. The van der Waals surface area contributed by atoms with E-state index < -0.39 is 28.7 Å². The first kappa shape index (κ1) is 23.1. The van der Waals surface area contributed by atoms with Crippen molar-refractivity contribution in [2.45, 2.75) is 25.1 Å². The van der Waals surface area contributed by atoms with Crippen molar-refractivity contribution in [3.63, 3.8) is 0 Å². The molecule has 9 nitrogen and oxygen atoms in total. The average Bonchev–Trinajstić information content (AvgIpc) is 3.33. The molecule has 0 amide bonds. The third-order valence-electron chi connectivity index (χ3n) is 6.11. The number of nitrogens with zero attached hydrogens (tertiary/aromatic N) is 6. The van der Waals surface area contributed by atoms with Gasteiger partial charge in [-0.2, -0.15) is 28.4 Å². The Balaban J connectivity index is 1.81. The van der Waals surface area contributed by atoms with Crippen LogP contribution in [0.15, 0.2) is 53.3 Å². The summed E-state index contributed by atoms with van der Waals surface area (Å²) in [6.45, 7) is 0.431. The van der Waals surface area contributed by atoms with E-state index in [1.54, 1.807) is 35.2 Å². The molecule has 2 aromatic heterocycles. The lowest BCUT2D eigenvalue weighted by molar-refractivity contribution is -0.136. The number of nitrogens with two attached hydrogens (primary N) is 2. The number of hydrogen-bond acceptors (Lipinski definition) is 8. The number of nitriles is 1. The summed E-state index contributed by atoms with van der Waals surface area (Å²) in [5, 5.41) is 9.16. The van der Waals surface area contributed by atoms with E-state index in [2.05, 4.69) is 15.0 Å². The maximum Gasteiger partial charge on any atom is 0.417 e. The van der Waals surface area contributed by atoms with Crippen LogP contribution in [0.3, 0.4) is 0 Å². The first-order chi connectivity index (χ1) is 17.2. The zero-order valence-corrected chi connectivity index (χ0v) is 18.7. The Kier molecular flexibility index (Phi) is 5.47. The zero-order valence-electron chi connectivity index (χ0n) is 18.7. The molecule has 1 atom stereocenters. The lowest BCUT2D eigenvalue weighted by atomic mass is 10.1. The molecule has 1 aliphatic rings. The number of benzene rings is 2. The van der Waals surface area contributed by atoms with Crippen LogP contribution in [0.1, 0.15) is 35.8 Å². The minimum absolute atomic E-state index is 0.0184. The largest absolute Gasteiger partial charge is 0.417 e. The Bertz CT molecular complexity index is 1580. The highest BCUT2D eigenvalue weighted by atomic mass is 19.4. The molecule has 4 N–H and O–H groups in total. The minimum atomic E-state index is -4.74. The summed E-state index contributed by atoms with van der Waals surface area (Å²) < 4.78 is 42.7. The van der Waals surface area contributed by atoms with Crippen molar-refractivity contribution in [3.8, 4) is 11.8 Å². The van der Waals surface area contributed by atoms with Gasteiger partial charge in [0, 0.05) is 6.54 Å². The van der Waals surface area contributed by atoms with E-state index >= 15 is 0 Å². The number of nitrogen functional groups attached to an aromatic ring is 2. The van der Waals surface area contributed by atoms with Crippen molar-refractivity contribution < 1.29 is 13.2 Å². The monoisotopic (exact) mass is 492 g/mol. The van der Waals surface area contributed by atoms with Crippen LogP contribution >= 0.6 is 0 Å². The van der Waals surface area contributed by atoms with Crippen molar-refractivity contribution in [1.82, 2.24) is 19.5 Å². The molecule has 12 heteroatoms. The second kappa shape index (κ2) is 8.53. The van der Waals surface area contributed by atoms with Crippen molar-refractivity contribution in [2.75, 3.05) is 22.9 Å². The van der Waals surface area contributed by atoms with Crippen LogP contribution in [0.4, 0.5) is 30.8 Å². The number of alkyl halides is 3. The number of rotatable bonds is 3. The molecule has 0 bridgehead atoms. The number of hydrogen-bond donors (Lipinski definition) is 2. The molecule has 3 heterocycles. The molecule has 182 valence electrons. The lowest BCUT2D eigenvalue weighted by Gasteiger charge is -2.28. The molecule has 36 heavy (non-hydrogen) atoms. The van der Waals surface area contributed by atoms with E-state index in [1.165, 1.54) is 16.7 Å². The Labute approximate surface area is 202 Å². The molecule has 2 aromatic carbocycles. The lowest BCUT2D eigenvalue weighted by Crippen LogP contribution is -2.33. The van der Waals surface area contributed by atoms with Crippen molar-refractivity contribution in [2.24, 2.45) is 0 Å². The van der Waals surface area contributed by atoms with Crippen LogP contribution in [0.2, 0.25) is 0 Å². The molecule has 1 unspecified atom stereocenters. The third-order valence-corrected chi connectivity index (χ3v) is 6.11. The van der Waals surface area contributed by atoms with Gasteiger partial charge in [0.05, 0.1) is 28.2 Å². The predicted molar refractivity (Wildman–Crippen MR) is 127 cm³/mol. The minimum Gasteiger partial charge on any atom is -0.382 e. The van der Waals surface area contributed by atoms with E-state index in [-0.39, 0.29) is 34.5 Å². The van der Waals surface area contributed by atoms with Gasteiger partial charge in [-0.3, -0.25) is 9.36 Å². The summed E-state index contributed by atoms with van der Waals surface area (Å²) in [6, 6.07) is 13.2. The Morgan fingerprint density at radius 2 is 1.78 bits per heavy atom. The third kappa shape index (κ3) is 3.74. The molecule has 4 aromatic rings. The average molecular weight is 492 g/mol. The summed E-state index contributed by atoms with van der Waals surface area (Å²) in [5.41, 5.74) is 10.1. The first-order valence-electron chi connectivity index (χ1n) is 11.0. The summed E-state index contributed by atoms with van der Waals surface area (Å²) in [5.74, 6) is 0.180. The number of halogens is 3. The Hall–Kier alpha value is -4.66. The summed E-state index contributed by atoms with van der Waals surface area (Å²) in [6.07, 6.45) is -3.60. The van der Waals surface area contributed by atoms with Crippen LogP contribution in [0, 0.1) is 11.3 Å². The zero-order chi connectivity index (χ0) is 25.6. The number of anilines is 3. The van der Waals surface area contributed by atoms with Crippen LogP contribution in [0.5, 0.6) is 0 Å². The molecule has 0 radical (unpaired) electrons. The van der Waals surface area contributed by atoms with Gasteiger partial charge in [-0.25, -0.2) is 4.98 Å². The van der Waals surface area contributed by atoms with E-state index in [0.29, 0.717) is 25.1 Å². The van der Waals surface area contributed by atoms with Gasteiger partial charge in [0.2, 0.25) is 5.95 Å². The van der Waals surface area contributed by atoms with Gasteiger partial charge < -0.3 is 16.4 Å². The fraction of sp³-hybridized carbons (Fsp3) is 0.208. The summed E-state index contributed by atoms with van der Waals surface area (Å²) >= 11 is 0. The normalized spacial score (nSPS) is 15.8. The highest BCUT2D eigenvalue weighted by Crippen LogP contribution is 2.39. The van der Waals surface area contributed by atoms with Crippen LogP contribution in [0.25, 0.3) is 16.6 Å². The second-order valence-electron chi connectivity index (χ2n) is 8.27. The van der Waals surface area contributed by atoms with Gasteiger partial charge in [0.25, 0.3) is 5.56 Å². The van der Waals surface area contributed by atoms with Gasteiger partial charge in [0.15, 0.2) is 5.82 Å². The highest BCUT2D eigenvalue weighted by molar-refractivity contribution is 5.82. The van der Waals surface area contributed by atoms with Gasteiger partial charge >= 0.3 is 6.18 Å². The maximum atomic E-state index is 13.8. The van der Waals surface area contributed by atoms with E-state index in [1.807, 2.05) is 6.07 Å². The molecule has 1 fully saturated rings. The van der Waals surface area contributed by atoms with Gasteiger partial charge in [-0.05, 0) is 37.1 Å². The molecule has 5 rings (SSSR count). The highest BCUT2D eigenvalue weighted by Gasteiger charge is 2.37. The fourth-order valence-corrected chi connectivity index (χ4v) is 4.62. The van der Waals surface area contributed by atoms with Gasteiger partial charge in [-0.15, -0.1) is 0 Å². The van der Waals surface area contributed by atoms with E-state index in [4.69, 9.17) is 11.5 Å². The van der Waals surface area contributed by atoms with Crippen LogP contribution in [-0.2, 0) is 6.18 Å². The standard InChI is InChI=1S/C24H19F3N8O/c25-24(26,27)15-8-4-9-16-18(15)22(36)35(13-6-2-1-3-7-13)21(31-16)17-10-5-11-34(17)20-14(12-28)19(29)32-23(30)33-20/h1-4,6-9,17H,5,10-11H2,(H4,29,30,32,33). The number of fused-ring (bicyclic) bond motifs is 1. The summed E-state index contributed by atoms with van der Waals surface area (Å²) in [4.78, 5) is 28.1. The first-order valence-corrected chi connectivity index (χ1v) is 11.0. The number of para-hydroxylation sites is 1. The van der Waals surface area contributed by atoms with Crippen molar-refractivity contribution in [3.05, 3.63) is 75.8 Å². The second-order valence-corrected chi connectivity index (χ2v) is 8.27. The molecule has 1 saturated heterocycles. The Morgan fingerprint density at radius 1 is 1.03 bits per heavy atom. The van der Waals surface area contributed by atoms with Crippen LogP contribution in [-0.4, -0.2) is 26.1 Å². The van der Waals surface area contributed by atoms with Gasteiger partial charge in [-0.1, -0.05) is 24.3 Å². The van der Waals surface area contributed by atoms with Crippen molar-refractivity contribution in [1.29, 1.82) is 5.26 Å². The molecule has 1 aliphatic heterocycles. The molecular weight excluding hydrogens is 473 g/mol.